The van der Waals surface area contributed by atoms with Crippen LogP contribution >= 0.6 is 17.2 Å². The molecule has 0 aromatic heterocycles. The Balaban J connectivity index is 1.31. The first-order valence-electron chi connectivity index (χ1n) is 12.3. The normalized spacial score (nSPS) is 24.5. The Morgan fingerprint density at radius 3 is 1.27 bits per heavy atom. The number of hydrogen-bond donors (Lipinski definition) is 0. The lowest BCUT2D eigenvalue weighted by molar-refractivity contribution is -0.0673. The van der Waals surface area contributed by atoms with Gasteiger partial charge in [-0.25, -0.2) is 0 Å². The molecule has 204 valence electrons. The molecule has 0 N–H and O–H groups in total. The number of benzene rings is 2. The molecule has 0 radical (unpaired) electrons. The zero-order chi connectivity index (χ0) is 26.8. The van der Waals surface area contributed by atoms with Gasteiger partial charge >= 0.3 is 17.2 Å². The first kappa shape index (κ1) is 28.4. The maximum absolute atomic E-state index is 6.03. The molecule has 2 aliphatic heterocycles. The van der Waals surface area contributed by atoms with Gasteiger partial charge in [0.25, 0.3) is 0 Å². The fraction of sp³-hybridized carbons (Fsp3) is 0.556. The van der Waals surface area contributed by atoms with Crippen molar-refractivity contribution in [2.45, 2.75) is 52.4 Å². The van der Waals surface area contributed by atoms with E-state index in [-0.39, 0.29) is 10.8 Å². The second-order valence-corrected chi connectivity index (χ2v) is 13.7. The SMILES string of the molecule is COc1ccc(OP2OCC3(CO2)COP(Oc2ccc(OC)c(C(C)(C)C)c2)OC3)cc1C(C)(C)C. The van der Waals surface area contributed by atoms with E-state index in [4.69, 9.17) is 36.6 Å². The first-order valence-corrected chi connectivity index (χ1v) is 14.5. The minimum Gasteiger partial charge on any atom is -0.496 e. The zero-order valence-corrected chi connectivity index (χ0v) is 24.7. The van der Waals surface area contributed by atoms with Crippen molar-refractivity contribution in [3.63, 3.8) is 0 Å². The van der Waals surface area contributed by atoms with Crippen molar-refractivity contribution in [3.8, 4) is 23.0 Å². The van der Waals surface area contributed by atoms with E-state index in [1.165, 1.54) is 0 Å². The van der Waals surface area contributed by atoms with Gasteiger partial charge in [0.05, 0.1) is 46.1 Å². The average molecular weight is 553 g/mol. The summed E-state index contributed by atoms with van der Waals surface area (Å²) in [6, 6.07) is 11.5. The minimum atomic E-state index is -1.52. The van der Waals surface area contributed by atoms with Gasteiger partial charge in [0.1, 0.15) is 23.0 Å². The van der Waals surface area contributed by atoms with Crippen LogP contribution in [0.25, 0.3) is 0 Å². The van der Waals surface area contributed by atoms with Crippen LogP contribution in [0.2, 0.25) is 0 Å². The van der Waals surface area contributed by atoms with Gasteiger partial charge in [-0.05, 0) is 47.2 Å². The van der Waals surface area contributed by atoms with Gasteiger partial charge in [0.2, 0.25) is 0 Å². The highest BCUT2D eigenvalue weighted by Crippen LogP contribution is 2.53. The summed E-state index contributed by atoms with van der Waals surface area (Å²) in [6.07, 6.45) is 0. The van der Waals surface area contributed by atoms with E-state index in [1.54, 1.807) is 14.2 Å². The molecule has 0 bridgehead atoms. The molecule has 37 heavy (non-hydrogen) atoms. The summed E-state index contributed by atoms with van der Waals surface area (Å²) in [6.45, 7) is 14.5. The molecule has 0 saturated carbocycles. The van der Waals surface area contributed by atoms with Crippen LogP contribution in [0.1, 0.15) is 52.7 Å². The maximum Gasteiger partial charge on any atom is 0.397 e. The summed E-state index contributed by atoms with van der Waals surface area (Å²) in [4.78, 5) is 0. The second kappa shape index (κ2) is 11.2. The van der Waals surface area contributed by atoms with E-state index in [0.717, 1.165) is 22.6 Å². The van der Waals surface area contributed by atoms with Crippen LogP contribution in [0.5, 0.6) is 23.0 Å². The molecular formula is C27H38O8P2. The largest absolute Gasteiger partial charge is 0.496 e. The van der Waals surface area contributed by atoms with Gasteiger partial charge in [-0.1, -0.05) is 41.5 Å². The van der Waals surface area contributed by atoms with E-state index < -0.39 is 22.6 Å². The third kappa shape index (κ3) is 6.86. The summed E-state index contributed by atoms with van der Waals surface area (Å²) < 4.78 is 47.0. The maximum atomic E-state index is 6.03. The topological polar surface area (TPSA) is 73.8 Å². The van der Waals surface area contributed by atoms with Crippen LogP contribution in [0.3, 0.4) is 0 Å². The quantitative estimate of drug-likeness (QED) is 0.346. The Hall–Kier alpha value is -1.66. The Labute approximate surface area is 222 Å². The van der Waals surface area contributed by atoms with Crippen molar-refractivity contribution in [2.75, 3.05) is 40.6 Å². The van der Waals surface area contributed by atoms with Crippen molar-refractivity contribution in [2.24, 2.45) is 5.41 Å². The molecule has 4 rings (SSSR count). The summed E-state index contributed by atoms with van der Waals surface area (Å²) in [5, 5.41) is 0. The summed E-state index contributed by atoms with van der Waals surface area (Å²) in [5.74, 6) is 3.04. The fourth-order valence-corrected chi connectivity index (χ4v) is 6.47. The smallest absolute Gasteiger partial charge is 0.397 e. The minimum absolute atomic E-state index is 0.0896. The standard InChI is InChI=1S/C27H38O8P2/c1-25(2,3)21-13-19(9-11-23(21)28-7)34-36-30-15-27(16-31-36)17-32-37(33-18-27)35-20-10-12-24(29-8)22(14-20)26(4,5)6/h9-14H,15-18H2,1-8H3. The lowest BCUT2D eigenvalue weighted by atomic mass is 9.86. The zero-order valence-electron chi connectivity index (χ0n) is 23.0. The van der Waals surface area contributed by atoms with E-state index >= 15 is 0 Å². The third-order valence-corrected chi connectivity index (χ3v) is 8.30. The number of ether oxygens (including phenoxy) is 2. The monoisotopic (exact) mass is 552 g/mol. The summed E-state index contributed by atoms with van der Waals surface area (Å²) >= 11 is 0. The van der Waals surface area contributed by atoms with Crippen molar-refractivity contribution in [1.82, 2.24) is 0 Å². The first-order chi connectivity index (χ1) is 17.4. The predicted octanol–water partition coefficient (Wildman–Crippen LogP) is 7.29. The highest BCUT2D eigenvalue weighted by atomic mass is 31.2. The van der Waals surface area contributed by atoms with Crippen LogP contribution in [0, 0.1) is 5.41 Å². The van der Waals surface area contributed by atoms with Gasteiger partial charge in [-0.15, -0.1) is 0 Å². The Kier molecular flexibility index (Phi) is 8.59. The molecule has 0 amide bonds. The van der Waals surface area contributed by atoms with Crippen LogP contribution in [-0.4, -0.2) is 40.6 Å². The molecule has 0 aliphatic carbocycles. The van der Waals surface area contributed by atoms with Crippen LogP contribution in [0.4, 0.5) is 0 Å². The molecule has 2 heterocycles. The van der Waals surface area contributed by atoms with E-state index in [0.29, 0.717) is 37.9 Å². The summed E-state index contributed by atoms with van der Waals surface area (Å²) in [7, 11) is 0.305. The average Bonchev–Trinajstić information content (AvgIpc) is 2.86. The van der Waals surface area contributed by atoms with Crippen molar-refractivity contribution < 1.29 is 36.6 Å². The molecular weight excluding hydrogens is 514 g/mol. The molecule has 8 nitrogen and oxygen atoms in total. The summed E-state index contributed by atoms with van der Waals surface area (Å²) in [5.41, 5.74) is 1.55. The fourth-order valence-electron chi connectivity index (χ4n) is 4.02. The highest BCUT2D eigenvalue weighted by Gasteiger charge is 2.45. The molecule has 10 heteroatoms. The molecule has 2 aromatic rings. The number of methoxy groups -OCH3 is 2. The molecule has 2 aromatic carbocycles. The molecule has 1 spiro atoms. The van der Waals surface area contributed by atoms with Crippen molar-refractivity contribution in [1.29, 1.82) is 0 Å². The lowest BCUT2D eigenvalue weighted by Gasteiger charge is -2.41. The number of hydrogen-bond acceptors (Lipinski definition) is 8. The van der Waals surface area contributed by atoms with Crippen LogP contribution in [-0.2, 0) is 28.9 Å². The lowest BCUT2D eigenvalue weighted by Crippen LogP contribution is -2.45. The van der Waals surface area contributed by atoms with E-state index in [2.05, 4.69) is 41.5 Å². The van der Waals surface area contributed by atoms with E-state index in [1.807, 2.05) is 36.4 Å². The van der Waals surface area contributed by atoms with Crippen molar-refractivity contribution >= 4 is 17.2 Å². The van der Waals surface area contributed by atoms with Crippen molar-refractivity contribution in [3.05, 3.63) is 47.5 Å². The van der Waals surface area contributed by atoms with Crippen LogP contribution < -0.4 is 18.5 Å². The molecule has 0 atom stereocenters. The molecule has 0 unspecified atom stereocenters. The second-order valence-electron chi connectivity index (χ2n) is 11.4. The van der Waals surface area contributed by atoms with Crippen LogP contribution in [0.15, 0.2) is 36.4 Å². The number of rotatable bonds is 6. The molecule has 2 saturated heterocycles. The van der Waals surface area contributed by atoms with Gasteiger partial charge < -0.3 is 36.6 Å². The van der Waals surface area contributed by atoms with Gasteiger partial charge in [0, 0.05) is 11.1 Å². The molecule has 2 fully saturated rings. The predicted molar refractivity (Wildman–Crippen MR) is 145 cm³/mol. The third-order valence-electron chi connectivity index (χ3n) is 6.22. The Morgan fingerprint density at radius 1 is 0.622 bits per heavy atom. The Bertz CT molecular complexity index is 974. The van der Waals surface area contributed by atoms with Gasteiger partial charge in [-0.2, -0.15) is 0 Å². The van der Waals surface area contributed by atoms with E-state index in [9.17, 15) is 0 Å². The van der Waals surface area contributed by atoms with Gasteiger partial charge in [0.15, 0.2) is 0 Å². The van der Waals surface area contributed by atoms with Gasteiger partial charge in [-0.3, -0.25) is 0 Å². The molecule has 2 aliphatic rings. The highest BCUT2D eigenvalue weighted by molar-refractivity contribution is 7.42. The Morgan fingerprint density at radius 2 is 0.973 bits per heavy atom.